The lowest BCUT2D eigenvalue weighted by Crippen LogP contribution is -2.45. The number of nitrogens with zero attached hydrogens (tertiary/aromatic N) is 3. The van der Waals surface area contributed by atoms with Gasteiger partial charge in [-0.15, -0.1) is 0 Å². The number of aryl methyl sites for hydroxylation is 1. The summed E-state index contributed by atoms with van der Waals surface area (Å²) in [7, 11) is 1.50. The van der Waals surface area contributed by atoms with Crippen molar-refractivity contribution < 1.29 is 28.3 Å². The molecule has 1 aliphatic carbocycles. The van der Waals surface area contributed by atoms with Crippen LogP contribution >= 0.6 is 0 Å². The molecule has 0 bridgehead atoms. The van der Waals surface area contributed by atoms with Gasteiger partial charge in [-0.3, -0.25) is 9.59 Å². The first kappa shape index (κ1) is 22.8. The molecule has 5 rings (SSSR count). The molecule has 1 atom stereocenters. The number of ether oxygens (including phenoxy) is 1. The highest BCUT2D eigenvalue weighted by atomic mass is 19.1. The smallest absolute Gasteiger partial charge is 0.293 e. The van der Waals surface area contributed by atoms with Crippen molar-refractivity contribution in [3.05, 3.63) is 64.3 Å². The van der Waals surface area contributed by atoms with E-state index in [1.165, 1.54) is 18.1 Å². The third-order valence-electron chi connectivity index (χ3n) is 6.74. The lowest BCUT2D eigenvalue weighted by molar-refractivity contribution is -0.121. The number of aromatic nitrogens is 2. The molecule has 9 nitrogen and oxygen atoms in total. The molecule has 10 heteroatoms. The van der Waals surface area contributed by atoms with Crippen LogP contribution < -0.4 is 10.1 Å². The molecule has 0 unspecified atom stereocenters. The van der Waals surface area contributed by atoms with Crippen LogP contribution in [-0.2, 0) is 23.1 Å². The second-order valence-electron chi connectivity index (χ2n) is 9.46. The minimum Gasteiger partial charge on any atom is -0.491 e. The number of aromatic hydroxyl groups is 1. The van der Waals surface area contributed by atoms with Gasteiger partial charge in [0.2, 0.25) is 11.6 Å². The van der Waals surface area contributed by atoms with E-state index >= 15 is 4.39 Å². The summed E-state index contributed by atoms with van der Waals surface area (Å²) in [5, 5.41) is 15.7. The number of amides is 2. The number of rotatable bonds is 4. The Hall–Kier alpha value is -3.95. The number of hydrogen-bond donors (Lipinski definition) is 2. The third-order valence-corrected chi connectivity index (χ3v) is 6.74. The molecule has 1 aromatic carbocycles. The van der Waals surface area contributed by atoms with Crippen molar-refractivity contribution in [3.63, 3.8) is 0 Å². The second-order valence-corrected chi connectivity index (χ2v) is 9.46. The Labute approximate surface area is 200 Å². The van der Waals surface area contributed by atoms with Gasteiger partial charge in [0.15, 0.2) is 0 Å². The van der Waals surface area contributed by atoms with E-state index in [0.717, 1.165) is 24.5 Å². The Morgan fingerprint density at radius 2 is 2.06 bits per heavy atom. The van der Waals surface area contributed by atoms with Crippen molar-refractivity contribution in [2.24, 2.45) is 0 Å². The van der Waals surface area contributed by atoms with E-state index in [0.29, 0.717) is 34.8 Å². The van der Waals surface area contributed by atoms with Crippen LogP contribution in [0.3, 0.4) is 0 Å². The van der Waals surface area contributed by atoms with Gasteiger partial charge < -0.3 is 24.6 Å². The molecule has 0 spiro atoms. The van der Waals surface area contributed by atoms with E-state index in [-0.39, 0.29) is 23.5 Å². The summed E-state index contributed by atoms with van der Waals surface area (Å²) in [6.07, 6.45) is 1.93. The van der Waals surface area contributed by atoms with E-state index in [2.05, 4.69) is 15.5 Å². The molecule has 182 valence electrons. The van der Waals surface area contributed by atoms with Crippen molar-refractivity contribution in [2.45, 2.75) is 44.6 Å². The van der Waals surface area contributed by atoms with Gasteiger partial charge in [0.05, 0.1) is 18.9 Å². The van der Waals surface area contributed by atoms with Gasteiger partial charge in [0.1, 0.15) is 11.9 Å². The van der Waals surface area contributed by atoms with Gasteiger partial charge >= 0.3 is 0 Å². The van der Waals surface area contributed by atoms with Gasteiger partial charge in [-0.05, 0) is 52.7 Å². The third kappa shape index (κ3) is 3.98. The first-order valence-corrected chi connectivity index (χ1v) is 11.3. The molecular formula is C25H25FN4O5. The Morgan fingerprint density at radius 3 is 2.77 bits per heavy atom. The van der Waals surface area contributed by atoms with E-state index in [4.69, 9.17) is 9.26 Å². The summed E-state index contributed by atoms with van der Waals surface area (Å²) < 4.78 is 25.1. The zero-order chi connectivity index (χ0) is 24.9. The van der Waals surface area contributed by atoms with Crippen molar-refractivity contribution in [1.29, 1.82) is 0 Å². The molecule has 3 aromatic rings. The summed E-state index contributed by atoms with van der Waals surface area (Å²) in [4.78, 5) is 32.6. The summed E-state index contributed by atoms with van der Waals surface area (Å²) in [5.41, 5.74) is 2.75. The van der Waals surface area contributed by atoms with Gasteiger partial charge in [-0.1, -0.05) is 13.8 Å². The molecule has 0 saturated heterocycles. The molecule has 1 aliphatic heterocycles. The summed E-state index contributed by atoms with van der Waals surface area (Å²) in [6, 6.07) is 6.45. The number of benzene rings is 1. The molecule has 0 radical (unpaired) electrons. The molecule has 2 N–H and O–H groups in total. The lowest BCUT2D eigenvalue weighted by atomic mass is 9.86. The van der Waals surface area contributed by atoms with Crippen molar-refractivity contribution >= 4 is 17.5 Å². The molecule has 2 aromatic heterocycles. The Bertz CT molecular complexity index is 1340. The minimum atomic E-state index is -1.07. The number of halogens is 1. The average molecular weight is 480 g/mol. The van der Waals surface area contributed by atoms with Crippen molar-refractivity contribution in [1.82, 2.24) is 15.0 Å². The maximum atomic E-state index is 15.0. The summed E-state index contributed by atoms with van der Waals surface area (Å²) >= 11 is 0. The zero-order valence-electron chi connectivity index (χ0n) is 19.6. The number of pyridine rings is 1. The first-order chi connectivity index (χ1) is 16.7. The van der Waals surface area contributed by atoms with E-state index in [1.54, 1.807) is 18.2 Å². The molecular weight excluding hydrogens is 455 g/mol. The fourth-order valence-corrected chi connectivity index (χ4v) is 5.06. The van der Waals surface area contributed by atoms with Crippen LogP contribution in [0.5, 0.6) is 11.8 Å². The van der Waals surface area contributed by atoms with Crippen LogP contribution in [0.4, 0.5) is 10.1 Å². The molecule has 0 fully saturated rings. The topological polar surface area (TPSA) is 118 Å². The lowest BCUT2D eigenvalue weighted by Gasteiger charge is -2.35. The average Bonchev–Trinajstić information content (AvgIpc) is 3.39. The second kappa shape index (κ2) is 8.37. The number of anilines is 1. The SMILES string of the molecule is COc1ccc2c(n1)CCN(C(=O)c1cc(O)no1)[C@@H]2C(=O)Nc1cc(F)c2c(c1)CCC2(C)C. The Balaban J connectivity index is 1.51. The van der Waals surface area contributed by atoms with Gasteiger partial charge in [-0.25, -0.2) is 9.37 Å². The number of methoxy groups -OCH3 is 1. The highest BCUT2D eigenvalue weighted by molar-refractivity contribution is 6.01. The fraction of sp³-hybridized carbons (Fsp3) is 0.360. The number of carbonyl (C=O) groups excluding carboxylic acids is 2. The highest BCUT2D eigenvalue weighted by Gasteiger charge is 2.39. The fourth-order valence-electron chi connectivity index (χ4n) is 5.06. The highest BCUT2D eigenvalue weighted by Crippen LogP contribution is 2.41. The van der Waals surface area contributed by atoms with E-state index in [9.17, 15) is 14.7 Å². The normalized spacial score (nSPS) is 18.1. The molecule has 2 aliphatic rings. The van der Waals surface area contributed by atoms with Gasteiger partial charge in [0, 0.05) is 30.3 Å². The quantitative estimate of drug-likeness (QED) is 0.587. The van der Waals surface area contributed by atoms with Crippen LogP contribution in [0.1, 0.15) is 59.2 Å². The molecule has 2 amide bonds. The Kier molecular flexibility index (Phi) is 5.46. The molecule has 3 heterocycles. The summed E-state index contributed by atoms with van der Waals surface area (Å²) in [5.74, 6) is -1.73. The van der Waals surface area contributed by atoms with Gasteiger partial charge in [-0.2, -0.15) is 0 Å². The molecule has 0 saturated carbocycles. The monoisotopic (exact) mass is 480 g/mol. The predicted molar refractivity (Wildman–Crippen MR) is 123 cm³/mol. The van der Waals surface area contributed by atoms with Crippen LogP contribution in [0.15, 0.2) is 34.9 Å². The zero-order valence-corrected chi connectivity index (χ0v) is 19.6. The number of fused-ring (bicyclic) bond motifs is 2. The van der Waals surface area contributed by atoms with Crippen molar-refractivity contribution in [2.75, 3.05) is 19.0 Å². The van der Waals surface area contributed by atoms with Gasteiger partial charge in [0.25, 0.3) is 17.7 Å². The van der Waals surface area contributed by atoms with Crippen LogP contribution in [0.2, 0.25) is 0 Å². The van der Waals surface area contributed by atoms with E-state index in [1.807, 2.05) is 13.8 Å². The standard InChI is InChI=1S/C25H25FN4O5/c1-25(2)8-6-13-10-14(11-16(26)21(13)25)27-23(32)22-15-4-5-20(34-3)28-17(15)7-9-30(22)24(33)18-12-19(31)29-35-18/h4-5,10-12,22H,6-9H2,1-3H3,(H,27,32)(H,29,31)/t22-/m0/s1. The molecule has 35 heavy (non-hydrogen) atoms. The maximum Gasteiger partial charge on any atom is 0.293 e. The number of hydrogen-bond acceptors (Lipinski definition) is 7. The number of carbonyl (C=O) groups is 2. The van der Waals surface area contributed by atoms with Crippen molar-refractivity contribution in [3.8, 4) is 11.8 Å². The summed E-state index contributed by atoms with van der Waals surface area (Å²) in [6.45, 7) is 4.18. The van der Waals surface area contributed by atoms with Crippen LogP contribution in [0.25, 0.3) is 0 Å². The van der Waals surface area contributed by atoms with Crippen LogP contribution in [0, 0.1) is 5.82 Å². The predicted octanol–water partition coefficient (Wildman–Crippen LogP) is 3.53. The number of nitrogens with one attached hydrogen (secondary N) is 1. The van der Waals surface area contributed by atoms with E-state index < -0.39 is 23.7 Å². The minimum absolute atomic E-state index is 0.165. The Morgan fingerprint density at radius 1 is 1.26 bits per heavy atom. The maximum absolute atomic E-state index is 15.0. The van der Waals surface area contributed by atoms with Crippen LogP contribution in [-0.4, -0.2) is 45.6 Å². The largest absolute Gasteiger partial charge is 0.491 e. The first-order valence-electron chi connectivity index (χ1n) is 11.3.